The fourth-order valence-electron chi connectivity index (χ4n) is 3.81. The lowest BCUT2D eigenvalue weighted by molar-refractivity contribution is -0.142. The van der Waals surface area contributed by atoms with Crippen LogP contribution in [0.15, 0.2) is 48.5 Å². The number of benzene rings is 2. The Morgan fingerprint density at radius 3 is 1.90 bits per heavy atom. The standard InChI is InChI=1S/C27H36ClN5O6S/c28-18-8-4-16(5-9-18)13-20(30)24(35)33-23(15-40)26(37)32-22(14-17-6-10-19(34)11-7-17)25(36)31-21(27(38)39)3-1-2-12-29/h4-11,20-23,34,40H,1-3,12-15,29-30H2,(H,31,36)(H,32,37)(H,33,35)(H,38,39)/t20-,21+,22-,23+/m0/s1. The van der Waals surface area contributed by atoms with E-state index in [4.69, 9.17) is 23.1 Å². The van der Waals surface area contributed by atoms with Gasteiger partial charge in [0.1, 0.15) is 23.9 Å². The summed E-state index contributed by atoms with van der Waals surface area (Å²) in [6, 6.07) is 8.40. The first-order valence-corrected chi connectivity index (χ1v) is 13.8. The monoisotopic (exact) mass is 593 g/mol. The second kappa shape index (κ2) is 16.7. The maximum Gasteiger partial charge on any atom is 0.326 e. The van der Waals surface area contributed by atoms with E-state index in [2.05, 4.69) is 28.6 Å². The number of aliphatic carboxylic acids is 1. The number of nitrogens with two attached hydrogens (primary N) is 2. The molecule has 13 heteroatoms. The van der Waals surface area contributed by atoms with E-state index in [0.717, 1.165) is 5.56 Å². The second-order valence-electron chi connectivity index (χ2n) is 9.30. The summed E-state index contributed by atoms with van der Waals surface area (Å²) in [6.45, 7) is 0.389. The van der Waals surface area contributed by atoms with Crippen LogP contribution >= 0.6 is 24.2 Å². The van der Waals surface area contributed by atoms with Gasteiger partial charge in [-0.1, -0.05) is 35.9 Å². The highest BCUT2D eigenvalue weighted by atomic mass is 35.5. The number of phenolic OH excluding ortho intramolecular Hbond substituents is 1. The van der Waals surface area contributed by atoms with Crippen molar-refractivity contribution in [2.24, 2.45) is 11.5 Å². The molecule has 0 aliphatic carbocycles. The number of halogens is 1. The van der Waals surface area contributed by atoms with Crippen molar-refractivity contribution in [2.75, 3.05) is 12.3 Å². The van der Waals surface area contributed by atoms with E-state index in [-0.39, 0.29) is 30.8 Å². The molecule has 0 heterocycles. The van der Waals surface area contributed by atoms with Crippen molar-refractivity contribution in [1.82, 2.24) is 16.0 Å². The number of nitrogens with one attached hydrogen (secondary N) is 3. The summed E-state index contributed by atoms with van der Waals surface area (Å²) in [5.74, 6) is -3.28. The van der Waals surface area contributed by atoms with Crippen LogP contribution in [0.4, 0.5) is 0 Å². The lowest BCUT2D eigenvalue weighted by Gasteiger charge is -2.25. The normalized spacial score (nSPS) is 13.9. The third-order valence-corrected chi connectivity index (χ3v) is 6.71. The molecular formula is C27H36ClN5O6S. The molecule has 0 aromatic heterocycles. The number of carboxylic acids is 1. The van der Waals surface area contributed by atoms with Crippen molar-refractivity contribution in [3.63, 3.8) is 0 Å². The Hall–Kier alpha value is -3.32. The average Bonchev–Trinajstić information content (AvgIpc) is 2.92. The number of rotatable bonds is 16. The molecule has 0 unspecified atom stereocenters. The summed E-state index contributed by atoms with van der Waals surface area (Å²) in [5, 5.41) is 27.3. The Kier molecular flexibility index (Phi) is 13.7. The highest BCUT2D eigenvalue weighted by molar-refractivity contribution is 7.80. The maximum atomic E-state index is 13.2. The van der Waals surface area contributed by atoms with Crippen molar-refractivity contribution >= 4 is 47.9 Å². The molecule has 0 aliphatic rings. The third-order valence-electron chi connectivity index (χ3n) is 6.09. The van der Waals surface area contributed by atoms with E-state index in [1.807, 2.05) is 0 Å². The summed E-state index contributed by atoms with van der Waals surface area (Å²) in [5.41, 5.74) is 12.9. The SMILES string of the molecule is NCCCC[C@@H](NC(=O)[C@H](Cc1ccc(O)cc1)NC(=O)[C@@H](CS)NC(=O)[C@@H](N)Cc1ccc(Cl)cc1)C(=O)O. The van der Waals surface area contributed by atoms with E-state index in [1.165, 1.54) is 12.1 Å². The first kappa shape index (κ1) is 32.9. The minimum Gasteiger partial charge on any atom is -0.508 e. The zero-order chi connectivity index (χ0) is 29.7. The zero-order valence-electron chi connectivity index (χ0n) is 21.9. The van der Waals surface area contributed by atoms with E-state index in [1.54, 1.807) is 36.4 Å². The molecule has 11 nitrogen and oxygen atoms in total. The van der Waals surface area contributed by atoms with Gasteiger partial charge in [0.05, 0.1) is 6.04 Å². The number of carbonyl (C=O) groups is 4. The summed E-state index contributed by atoms with van der Waals surface area (Å²) >= 11 is 10.1. The van der Waals surface area contributed by atoms with Gasteiger partial charge in [-0.2, -0.15) is 12.6 Å². The van der Waals surface area contributed by atoms with Crippen LogP contribution in [0.25, 0.3) is 0 Å². The van der Waals surface area contributed by atoms with E-state index < -0.39 is 47.9 Å². The zero-order valence-corrected chi connectivity index (χ0v) is 23.5. The molecule has 3 amide bonds. The number of thiol groups is 1. The van der Waals surface area contributed by atoms with Crippen molar-refractivity contribution in [2.45, 2.75) is 56.3 Å². The molecule has 0 fully saturated rings. The van der Waals surface area contributed by atoms with Crippen LogP contribution in [-0.4, -0.2) is 70.4 Å². The molecule has 2 rings (SSSR count). The van der Waals surface area contributed by atoms with Gasteiger partial charge in [0, 0.05) is 17.2 Å². The number of carboxylic acid groups (broad SMARTS) is 1. The summed E-state index contributed by atoms with van der Waals surface area (Å²) < 4.78 is 0. The van der Waals surface area contributed by atoms with Crippen molar-refractivity contribution < 1.29 is 29.4 Å². The third kappa shape index (κ3) is 11.0. The number of phenols is 1. The lowest BCUT2D eigenvalue weighted by Crippen LogP contribution is -2.58. The van der Waals surface area contributed by atoms with Crippen LogP contribution in [-0.2, 0) is 32.0 Å². The highest BCUT2D eigenvalue weighted by Gasteiger charge is 2.30. The van der Waals surface area contributed by atoms with Gasteiger partial charge in [-0.05, 0) is 67.6 Å². The minimum absolute atomic E-state index is 0.00366. The maximum absolute atomic E-state index is 13.2. The molecule has 0 saturated carbocycles. The molecule has 40 heavy (non-hydrogen) atoms. The Morgan fingerprint density at radius 2 is 1.32 bits per heavy atom. The number of amides is 3. The molecule has 9 N–H and O–H groups in total. The van der Waals surface area contributed by atoms with E-state index in [9.17, 15) is 29.4 Å². The van der Waals surface area contributed by atoms with E-state index in [0.29, 0.717) is 30.0 Å². The Bertz CT molecular complexity index is 1140. The fraction of sp³-hybridized carbons (Fsp3) is 0.407. The van der Waals surface area contributed by atoms with Gasteiger partial charge < -0.3 is 37.6 Å². The smallest absolute Gasteiger partial charge is 0.326 e. The number of aromatic hydroxyl groups is 1. The molecule has 0 saturated heterocycles. The van der Waals surface area contributed by atoms with Crippen LogP contribution < -0.4 is 27.4 Å². The quantitative estimate of drug-likeness (QED) is 0.103. The van der Waals surface area contributed by atoms with Gasteiger partial charge in [0.25, 0.3) is 0 Å². The first-order chi connectivity index (χ1) is 19.0. The van der Waals surface area contributed by atoms with Crippen molar-refractivity contribution in [3.8, 4) is 5.75 Å². The van der Waals surface area contributed by atoms with Gasteiger partial charge in [-0.25, -0.2) is 4.79 Å². The van der Waals surface area contributed by atoms with Gasteiger partial charge >= 0.3 is 5.97 Å². The molecule has 2 aromatic rings. The topological polar surface area (TPSA) is 197 Å². The van der Waals surface area contributed by atoms with Crippen LogP contribution in [0.3, 0.4) is 0 Å². The van der Waals surface area contributed by atoms with Gasteiger partial charge in [0.15, 0.2) is 0 Å². The molecule has 0 aliphatic heterocycles. The van der Waals surface area contributed by atoms with Crippen LogP contribution in [0.5, 0.6) is 5.75 Å². The number of unbranched alkanes of at least 4 members (excludes halogenated alkanes) is 1. The Morgan fingerprint density at radius 1 is 0.800 bits per heavy atom. The van der Waals surface area contributed by atoms with Crippen LogP contribution in [0.2, 0.25) is 5.02 Å². The Labute approximate surface area is 243 Å². The summed E-state index contributed by atoms with van der Waals surface area (Å²) in [6.07, 6.45) is 1.45. The summed E-state index contributed by atoms with van der Waals surface area (Å²) in [4.78, 5) is 50.7. The minimum atomic E-state index is -1.21. The van der Waals surface area contributed by atoms with Crippen molar-refractivity contribution in [3.05, 3.63) is 64.7 Å². The molecule has 0 bridgehead atoms. The van der Waals surface area contributed by atoms with Crippen LogP contribution in [0.1, 0.15) is 30.4 Å². The predicted molar refractivity (Wildman–Crippen MR) is 155 cm³/mol. The highest BCUT2D eigenvalue weighted by Crippen LogP contribution is 2.13. The lowest BCUT2D eigenvalue weighted by atomic mass is 10.0. The van der Waals surface area contributed by atoms with E-state index >= 15 is 0 Å². The van der Waals surface area contributed by atoms with Crippen molar-refractivity contribution in [1.29, 1.82) is 0 Å². The van der Waals surface area contributed by atoms with Gasteiger partial charge in [-0.15, -0.1) is 0 Å². The number of hydrogen-bond donors (Lipinski definition) is 8. The van der Waals surface area contributed by atoms with Gasteiger partial charge in [-0.3, -0.25) is 14.4 Å². The molecule has 2 aromatic carbocycles. The molecule has 0 spiro atoms. The average molecular weight is 594 g/mol. The number of carbonyl (C=O) groups excluding carboxylic acids is 3. The van der Waals surface area contributed by atoms with Crippen LogP contribution in [0, 0.1) is 0 Å². The molecule has 218 valence electrons. The first-order valence-electron chi connectivity index (χ1n) is 12.8. The molecule has 0 radical (unpaired) electrons. The fourth-order valence-corrected chi connectivity index (χ4v) is 4.19. The predicted octanol–water partition coefficient (Wildman–Crippen LogP) is 0.756. The largest absolute Gasteiger partial charge is 0.508 e. The second-order valence-corrected chi connectivity index (χ2v) is 10.1. The number of hydrogen-bond acceptors (Lipinski definition) is 8. The van der Waals surface area contributed by atoms with Gasteiger partial charge in [0.2, 0.25) is 17.7 Å². The summed E-state index contributed by atoms with van der Waals surface area (Å²) in [7, 11) is 0. The molecule has 4 atom stereocenters. The Balaban J connectivity index is 2.12. The molecular weight excluding hydrogens is 558 g/mol.